The molecule has 0 amide bonds. The largest absolute Gasteiger partial charge is 0.317 e. The summed E-state index contributed by atoms with van der Waals surface area (Å²) in [6.45, 7) is 11.2. The van der Waals surface area contributed by atoms with Gasteiger partial charge in [-0.15, -0.1) is 0 Å². The monoisotopic (exact) mass is 318 g/mol. The van der Waals surface area contributed by atoms with Gasteiger partial charge in [0, 0.05) is 0 Å². The highest BCUT2D eigenvalue weighted by atomic mass is 16.2. The van der Waals surface area contributed by atoms with Crippen LogP contribution in [-0.2, 0) is 9.59 Å². The molecule has 128 valence electrons. The molecule has 2 N–H and O–H groups in total. The molecule has 0 unspecified atom stereocenters. The molecular formula is C19H30N2O2. The molecule has 0 aromatic carbocycles. The highest BCUT2D eigenvalue weighted by molar-refractivity contribution is 6.15. The zero-order valence-corrected chi connectivity index (χ0v) is 14.1. The number of hydrogen-bond donors (Lipinski definition) is 2. The molecule has 0 radical (unpaired) electrons. The van der Waals surface area contributed by atoms with E-state index in [-0.39, 0.29) is 17.5 Å². The number of allylic oxidation sites excluding steroid dienone is 2. The maximum atomic E-state index is 12.8. The average Bonchev–Trinajstić information content (AvgIpc) is 2.63. The summed E-state index contributed by atoms with van der Waals surface area (Å²) in [5, 5.41) is 6.69. The predicted octanol–water partition coefficient (Wildman–Crippen LogP) is 2.26. The summed E-state index contributed by atoms with van der Waals surface area (Å²) in [6, 6.07) is 0. The van der Waals surface area contributed by atoms with Crippen LogP contribution in [0.4, 0.5) is 0 Å². The van der Waals surface area contributed by atoms with Gasteiger partial charge in [-0.1, -0.05) is 13.2 Å². The van der Waals surface area contributed by atoms with E-state index in [1.54, 1.807) is 0 Å². The van der Waals surface area contributed by atoms with Gasteiger partial charge in [0.25, 0.3) is 0 Å². The van der Waals surface area contributed by atoms with E-state index in [2.05, 4.69) is 23.8 Å². The number of piperidine rings is 2. The van der Waals surface area contributed by atoms with Crippen molar-refractivity contribution in [3.8, 4) is 0 Å². The van der Waals surface area contributed by atoms with Gasteiger partial charge in [-0.3, -0.25) is 9.59 Å². The molecule has 0 saturated carbocycles. The van der Waals surface area contributed by atoms with Crippen LogP contribution in [-0.4, -0.2) is 37.7 Å². The van der Waals surface area contributed by atoms with Crippen molar-refractivity contribution >= 4 is 11.6 Å². The summed E-state index contributed by atoms with van der Waals surface area (Å²) >= 11 is 0. The number of carbonyl (C=O) groups excluding carboxylic acids is 2. The van der Waals surface area contributed by atoms with Crippen molar-refractivity contribution in [1.29, 1.82) is 0 Å². The Labute approximate surface area is 139 Å². The Bertz CT molecular complexity index is 426. The lowest BCUT2D eigenvalue weighted by atomic mass is 9.62. The summed E-state index contributed by atoms with van der Waals surface area (Å²) < 4.78 is 0. The van der Waals surface area contributed by atoms with Crippen LogP contribution in [0.1, 0.15) is 38.5 Å². The van der Waals surface area contributed by atoms with Crippen LogP contribution in [0.5, 0.6) is 0 Å². The second-order valence-corrected chi connectivity index (χ2v) is 6.86. The third-order valence-corrected chi connectivity index (χ3v) is 5.69. The number of rotatable bonds is 8. The van der Waals surface area contributed by atoms with E-state index in [9.17, 15) is 9.59 Å². The van der Waals surface area contributed by atoms with Crippen LogP contribution < -0.4 is 10.6 Å². The quantitative estimate of drug-likeness (QED) is 0.532. The first-order valence-electron chi connectivity index (χ1n) is 8.90. The highest BCUT2D eigenvalue weighted by Gasteiger charge is 2.48. The van der Waals surface area contributed by atoms with Gasteiger partial charge in [0.1, 0.15) is 0 Å². The Hall–Kier alpha value is -1.26. The Morgan fingerprint density at radius 1 is 0.913 bits per heavy atom. The van der Waals surface area contributed by atoms with E-state index in [1.807, 2.05) is 0 Å². The maximum Gasteiger partial charge on any atom is 0.169 e. The molecule has 2 rings (SSSR count). The highest BCUT2D eigenvalue weighted by Crippen LogP contribution is 2.42. The van der Waals surface area contributed by atoms with Gasteiger partial charge in [-0.05, 0) is 88.7 Å². The third-order valence-electron chi connectivity index (χ3n) is 5.69. The van der Waals surface area contributed by atoms with Gasteiger partial charge in [0.2, 0.25) is 0 Å². The van der Waals surface area contributed by atoms with Crippen LogP contribution in [0, 0.1) is 17.3 Å². The fraction of sp³-hybridized carbons (Fsp3) is 0.684. The predicted molar refractivity (Wildman–Crippen MR) is 93.3 cm³/mol. The molecule has 0 aromatic heterocycles. The van der Waals surface area contributed by atoms with Crippen LogP contribution in [0.3, 0.4) is 0 Å². The van der Waals surface area contributed by atoms with E-state index in [4.69, 9.17) is 0 Å². The van der Waals surface area contributed by atoms with Crippen molar-refractivity contribution in [2.75, 3.05) is 26.2 Å². The van der Waals surface area contributed by atoms with Gasteiger partial charge in [-0.2, -0.15) is 0 Å². The summed E-state index contributed by atoms with van der Waals surface area (Å²) in [5.41, 5.74) is -0.934. The standard InChI is InChI=1S/C19H30N2O2/c1-3-17(22)19(18(23)4-2,16-8-13-21-14-9-16)10-5-15-6-11-20-12-7-15/h3-4,15-16,20-21H,1-2,5-14H2. The molecular weight excluding hydrogens is 288 g/mol. The van der Waals surface area contributed by atoms with Gasteiger partial charge in [-0.25, -0.2) is 0 Å². The molecule has 2 aliphatic rings. The molecule has 2 aliphatic heterocycles. The summed E-state index contributed by atoms with van der Waals surface area (Å²) in [7, 11) is 0. The zero-order chi connectivity index (χ0) is 16.7. The number of nitrogens with one attached hydrogen (secondary N) is 2. The van der Waals surface area contributed by atoms with Gasteiger partial charge < -0.3 is 10.6 Å². The van der Waals surface area contributed by atoms with Crippen LogP contribution in [0.25, 0.3) is 0 Å². The van der Waals surface area contributed by atoms with Crippen molar-refractivity contribution in [1.82, 2.24) is 10.6 Å². The Kier molecular flexibility index (Phi) is 6.72. The minimum absolute atomic E-state index is 0.0986. The summed E-state index contributed by atoms with van der Waals surface area (Å²) in [6.07, 6.45) is 8.27. The minimum Gasteiger partial charge on any atom is -0.317 e. The lowest BCUT2D eigenvalue weighted by molar-refractivity contribution is -0.140. The topological polar surface area (TPSA) is 58.2 Å². The summed E-state index contributed by atoms with van der Waals surface area (Å²) in [5.74, 6) is 0.487. The van der Waals surface area contributed by atoms with Crippen molar-refractivity contribution in [3.63, 3.8) is 0 Å². The van der Waals surface area contributed by atoms with E-state index in [0.29, 0.717) is 12.3 Å². The first-order chi connectivity index (χ1) is 11.1. The van der Waals surface area contributed by atoms with Crippen molar-refractivity contribution in [2.45, 2.75) is 38.5 Å². The molecule has 2 saturated heterocycles. The third kappa shape index (κ3) is 3.99. The SMILES string of the molecule is C=CC(=O)C(CCC1CCNCC1)(C(=O)C=C)C1CCNCC1. The van der Waals surface area contributed by atoms with E-state index in [0.717, 1.165) is 58.3 Å². The second kappa shape index (κ2) is 8.55. The molecule has 0 bridgehead atoms. The van der Waals surface area contributed by atoms with Gasteiger partial charge in [0.05, 0.1) is 5.41 Å². The first-order valence-corrected chi connectivity index (χ1v) is 8.90. The molecule has 0 spiro atoms. The van der Waals surface area contributed by atoms with Crippen LogP contribution >= 0.6 is 0 Å². The van der Waals surface area contributed by atoms with Crippen LogP contribution in [0.15, 0.2) is 25.3 Å². The van der Waals surface area contributed by atoms with Crippen LogP contribution in [0.2, 0.25) is 0 Å². The van der Waals surface area contributed by atoms with E-state index < -0.39 is 5.41 Å². The number of hydrogen-bond acceptors (Lipinski definition) is 4. The molecule has 23 heavy (non-hydrogen) atoms. The fourth-order valence-corrected chi connectivity index (χ4v) is 4.26. The van der Waals surface area contributed by atoms with Gasteiger partial charge in [0.15, 0.2) is 11.6 Å². The van der Waals surface area contributed by atoms with E-state index in [1.165, 1.54) is 12.2 Å². The first kappa shape index (κ1) is 18.1. The Morgan fingerprint density at radius 2 is 1.39 bits per heavy atom. The Morgan fingerprint density at radius 3 is 1.87 bits per heavy atom. The lowest BCUT2D eigenvalue weighted by Crippen LogP contribution is -2.48. The summed E-state index contributed by atoms with van der Waals surface area (Å²) in [4.78, 5) is 25.6. The minimum atomic E-state index is -0.934. The van der Waals surface area contributed by atoms with Crippen molar-refractivity contribution in [3.05, 3.63) is 25.3 Å². The average molecular weight is 318 g/mol. The fourth-order valence-electron chi connectivity index (χ4n) is 4.26. The lowest BCUT2D eigenvalue weighted by Gasteiger charge is -2.40. The zero-order valence-electron chi connectivity index (χ0n) is 14.1. The van der Waals surface area contributed by atoms with Gasteiger partial charge >= 0.3 is 0 Å². The second-order valence-electron chi connectivity index (χ2n) is 6.86. The smallest absolute Gasteiger partial charge is 0.169 e. The Balaban J connectivity index is 2.22. The molecule has 2 heterocycles. The molecule has 2 fully saturated rings. The number of ketones is 2. The van der Waals surface area contributed by atoms with Crippen molar-refractivity contribution in [2.24, 2.45) is 17.3 Å². The molecule has 0 atom stereocenters. The maximum absolute atomic E-state index is 12.8. The normalized spacial score (nSPS) is 20.9. The molecule has 4 nitrogen and oxygen atoms in total. The molecule has 4 heteroatoms. The molecule has 0 aromatic rings. The number of carbonyl (C=O) groups is 2. The molecule has 0 aliphatic carbocycles. The van der Waals surface area contributed by atoms with Crippen molar-refractivity contribution < 1.29 is 9.59 Å². The van der Waals surface area contributed by atoms with E-state index >= 15 is 0 Å².